The number of benzene rings is 2. The van der Waals surface area contributed by atoms with E-state index in [1.165, 1.54) is 30.1 Å². The Morgan fingerprint density at radius 3 is 2.53 bits per heavy atom. The Kier molecular flexibility index (Phi) is 10.3. The van der Waals surface area contributed by atoms with Gasteiger partial charge in [0.05, 0.1) is 24.9 Å². The summed E-state index contributed by atoms with van der Waals surface area (Å²) in [4.78, 5) is 66.1. The van der Waals surface area contributed by atoms with E-state index in [-0.39, 0.29) is 31.0 Å². The molecule has 230 valence electrons. The summed E-state index contributed by atoms with van der Waals surface area (Å²) >= 11 is 0. The summed E-state index contributed by atoms with van der Waals surface area (Å²) in [5.74, 6) is -3.61. The number of primary amides is 1. The molecule has 2 heterocycles. The van der Waals surface area contributed by atoms with E-state index >= 15 is 0 Å². The Bertz CT molecular complexity index is 1360. The lowest BCUT2D eigenvalue weighted by molar-refractivity contribution is -0.137. The molecular weight excluding hydrogens is 561 g/mol. The normalized spacial score (nSPS) is 21.3. The first-order chi connectivity index (χ1) is 20.6. The van der Waals surface area contributed by atoms with Crippen molar-refractivity contribution in [1.82, 2.24) is 20.9 Å². The molecule has 2 atom stereocenters. The Hall–Kier alpha value is -4.52. The van der Waals surface area contributed by atoms with Crippen LogP contribution in [0.15, 0.2) is 48.5 Å². The highest BCUT2D eigenvalue weighted by Crippen LogP contribution is 2.34. The topological polar surface area (TPSA) is 169 Å². The third kappa shape index (κ3) is 8.07. The van der Waals surface area contributed by atoms with E-state index in [1.807, 2.05) is 0 Å². The van der Waals surface area contributed by atoms with Crippen LogP contribution in [0.25, 0.3) is 0 Å². The van der Waals surface area contributed by atoms with Gasteiger partial charge in [0.2, 0.25) is 23.6 Å². The number of nitrogens with two attached hydrogens (primary N) is 1. The number of para-hydroxylation sites is 1. The minimum atomic E-state index is -1.37. The van der Waals surface area contributed by atoms with Crippen LogP contribution in [0.3, 0.4) is 0 Å². The number of rotatable bonds is 6. The largest absolute Gasteiger partial charge is 0.491 e. The number of likely N-dealkylation sites (N-methyl/N-ethyl adjacent to an activating group) is 1. The fourth-order valence-corrected chi connectivity index (χ4v) is 5.26. The summed E-state index contributed by atoms with van der Waals surface area (Å²) in [6.07, 6.45) is 0.0375. The quantitative estimate of drug-likeness (QED) is 0.373. The molecule has 5 N–H and O–H groups in total. The number of amides is 5. The summed E-state index contributed by atoms with van der Waals surface area (Å²) in [7, 11) is 1.48. The Balaban J connectivity index is 1.61. The molecule has 0 bridgehead atoms. The van der Waals surface area contributed by atoms with Gasteiger partial charge in [0.1, 0.15) is 30.3 Å². The SMILES string of the molecule is CN1CCOc2ccccc2C(=O)N[C@H](C(=O)NCC2(c3cccc(F)c3)CCOCC2)CC(=O)N[C@@H](CC(N)=O)C1=O. The molecule has 1 fully saturated rings. The van der Waals surface area contributed by atoms with Crippen LogP contribution >= 0.6 is 0 Å². The van der Waals surface area contributed by atoms with Gasteiger partial charge in [0.15, 0.2) is 0 Å². The first-order valence-electron chi connectivity index (χ1n) is 14.0. The molecule has 2 aromatic rings. The predicted molar refractivity (Wildman–Crippen MR) is 152 cm³/mol. The van der Waals surface area contributed by atoms with Crippen molar-refractivity contribution < 1.29 is 37.8 Å². The number of nitrogens with zero attached hydrogens (tertiary/aromatic N) is 1. The van der Waals surface area contributed by atoms with Gasteiger partial charge in [-0.05, 0) is 42.7 Å². The molecule has 43 heavy (non-hydrogen) atoms. The minimum absolute atomic E-state index is 0.0135. The first kappa shape index (κ1) is 31.4. The average Bonchev–Trinajstić information content (AvgIpc) is 2.98. The van der Waals surface area contributed by atoms with Gasteiger partial charge in [-0.15, -0.1) is 0 Å². The van der Waals surface area contributed by atoms with E-state index < -0.39 is 65.7 Å². The molecule has 0 spiro atoms. The van der Waals surface area contributed by atoms with Crippen molar-refractivity contribution in [2.45, 2.75) is 43.2 Å². The zero-order valence-electron chi connectivity index (χ0n) is 23.9. The molecule has 13 heteroatoms. The van der Waals surface area contributed by atoms with Crippen molar-refractivity contribution in [3.8, 4) is 5.75 Å². The maximum Gasteiger partial charge on any atom is 0.255 e. The Labute approximate surface area is 248 Å². The molecule has 0 radical (unpaired) electrons. The summed E-state index contributed by atoms with van der Waals surface area (Å²) in [5, 5.41) is 7.95. The Morgan fingerprint density at radius 1 is 1.07 bits per heavy atom. The van der Waals surface area contributed by atoms with Crippen molar-refractivity contribution in [1.29, 1.82) is 0 Å². The zero-order valence-corrected chi connectivity index (χ0v) is 23.9. The van der Waals surface area contributed by atoms with E-state index in [9.17, 15) is 28.4 Å². The summed E-state index contributed by atoms with van der Waals surface area (Å²) < 4.78 is 25.4. The molecule has 1 saturated heterocycles. The molecule has 5 amide bonds. The molecule has 0 aliphatic carbocycles. The lowest BCUT2D eigenvalue weighted by Crippen LogP contribution is -2.54. The van der Waals surface area contributed by atoms with Gasteiger partial charge in [-0.3, -0.25) is 24.0 Å². The van der Waals surface area contributed by atoms with Crippen molar-refractivity contribution in [3.63, 3.8) is 0 Å². The predicted octanol–water partition coefficient (Wildman–Crippen LogP) is 0.390. The second-order valence-electron chi connectivity index (χ2n) is 10.7. The third-order valence-corrected chi connectivity index (χ3v) is 7.73. The van der Waals surface area contributed by atoms with Crippen LogP contribution in [0.5, 0.6) is 5.75 Å². The van der Waals surface area contributed by atoms with Crippen LogP contribution in [0, 0.1) is 5.82 Å². The average molecular weight is 598 g/mol. The van der Waals surface area contributed by atoms with Gasteiger partial charge in [-0.1, -0.05) is 24.3 Å². The van der Waals surface area contributed by atoms with E-state index in [2.05, 4.69) is 16.0 Å². The van der Waals surface area contributed by atoms with Crippen LogP contribution in [-0.2, 0) is 29.3 Å². The molecule has 0 unspecified atom stereocenters. The van der Waals surface area contributed by atoms with Gasteiger partial charge in [0, 0.05) is 32.2 Å². The molecule has 2 aliphatic heterocycles. The van der Waals surface area contributed by atoms with Crippen molar-refractivity contribution in [2.24, 2.45) is 5.73 Å². The number of halogens is 1. The lowest BCUT2D eigenvalue weighted by Gasteiger charge is -2.38. The van der Waals surface area contributed by atoms with E-state index in [0.29, 0.717) is 31.6 Å². The zero-order chi connectivity index (χ0) is 31.0. The highest BCUT2D eigenvalue weighted by atomic mass is 19.1. The number of ether oxygens (including phenoxy) is 2. The molecule has 2 aliphatic rings. The van der Waals surface area contributed by atoms with E-state index in [0.717, 1.165) is 0 Å². The lowest BCUT2D eigenvalue weighted by atomic mass is 9.74. The second-order valence-corrected chi connectivity index (χ2v) is 10.7. The summed E-state index contributed by atoms with van der Waals surface area (Å²) in [6, 6.07) is 9.92. The Morgan fingerprint density at radius 2 is 1.81 bits per heavy atom. The number of hydrogen-bond acceptors (Lipinski definition) is 7. The van der Waals surface area contributed by atoms with Gasteiger partial charge in [0.25, 0.3) is 5.91 Å². The van der Waals surface area contributed by atoms with Crippen LogP contribution in [0.4, 0.5) is 4.39 Å². The maximum absolute atomic E-state index is 14.1. The highest BCUT2D eigenvalue weighted by Gasteiger charge is 2.37. The second kappa shape index (κ2) is 14.1. The van der Waals surface area contributed by atoms with E-state index in [4.69, 9.17) is 15.2 Å². The number of hydrogen-bond donors (Lipinski definition) is 4. The summed E-state index contributed by atoms with van der Waals surface area (Å²) in [5.41, 5.74) is 5.53. The number of fused-ring (bicyclic) bond motifs is 1. The number of carbonyl (C=O) groups excluding carboxylic acids is 5. The first-order valence-corrected chi connectivity index (χ1v) is 14.0. The summed E-state index contributed by atoms with van der Waals surface area (Å²) in [6.45, 7) is 1.04. The van der Waals surface area contributed by atoms with Gasteiger partial charge in [-0.25, -0.2) is 4.39 Å². The van der Waals surface area contributed by atoms with Gasteiger partial charge < -0.3 is 36.1 Å². The van der Waals surface area contributed by atoms with Crippen molar-refractivity contribution >= 4 is 29.5 Å². The van der Waals surface area contributed by atoms with Gasteiger partial charge >= 0.3 is 0 Å². The van der Waals surface area contributed by atoms with Crippen LogP contribution < -0.4 is 26.4 Å². The minimum Gasteiger partial charge on any atom is -0.491 e. The molecule has 0 aromatic heterocycles. The standard InChI is InChI=1S/C30H36FN5O7/c1-36-11-14-43-24-8-3-2-7-21(24)27(39)35-22(17-26(38)34-23(29(36)41)16-25(32)37)28(40)33-18-30(9-12-42-13-10-30)19-5-4-6-20(31)15-19/h2-8,15,22-23H,9-14,16-18H2,1H3,(H2,32,37)(H,33,40)(H,34,38)(H,35,39)/t22-,23-/m0/s1. The molecule has 2 aromatic carbocycles. The van der Waals surface area contributed by atoms with Crippen LogP contribution in [0.2, 0.25) is 0 Å². The fraction of sp³-hybridized carbons (Fsp3) is 0.433. The molecule has 12 nitrogen and oxygen atoms in total. The molecule has 0 saturated carbocycles. The molecule has 4 rings (SSSR count). The fourth-order valence-electron chi connectivity index (χ4n) is 5.26. The van der Waals surface area contributed by atoms with Crippen LogP contribution in [0.1, 0.15) is 41.6 Å². The number of carbonyl (C=O) groups is 5. The number of nitrogens with one attached hydrogen (secondary N) is 3. The smallest absolute Gasteiger partial charge is 0.255 e. The van der Waals surface area contributed by atoms with Crippen molar-refractivity contribution in [3.05, 3.63) is 65.5 Å². The van der Waals surface area contributed by atoms with Crippen molar-refractivity contribution in [2.75, 3.05) is 40.0 Å². The van der Waals surface area contributed by atoms with Crippen LogP contribution in [-0.4, -0.2) is 86.5 Å². The highest BCUT2D eigenvalue weighted by molar-refractivity contribution is 6.01. The third-order valence-electron chi connectivity index (χ3n) is 7.73. The van der Waals surface area contributed by atoms with E-state index in [1.54, 1.807) is 30.3 Å². The monoisotopic (exact) mass is 597 g/mol. The van der Waals surface area contributed by atoms with Gasteiger partial charge in [-0.2, -0.15) is 0 Å². The molecular formula is C30H36FN5O7. The maximum atomic E-state index is 14.1.